The Labute approximate surface area is 160 Å². The fraction of sp³-hybridized carbons (Fsp3) is 0.435. The molecular formula is C23H38NO2+. The van der Waals surface area contributed by atoms with Crippen LogP contribution < -0.4 is 5.32 Å². The van der Waals surface area contributed by atoms with Crippen molar-refractivity contribution >= 4 is 11.5 Å². The van der Waals surface area contributed by atoms with Crippen molar-refractivity contribution in [3.05, 3.63) is 65.7 Å². The second-order valence-corrected chi connectivity index (χ2v) is 5.47. The van der Waals surface area contributed by atoms with E-state index in [-0.39, 0.29) is 5.78 Å². The van der Waals surface area contributed by atoms with Crippen LogP contribution in [0.3, 0.4) is 0 Å². The first-order chi connectivity index (χ1) is 12.6. The van der Waals surface area contributed by atoms with Crippen molar-refractivity contribution < 1.29 is 15.2 Å². The maximum Gasteiger partial charge on any atom is 0.162 e. The number of Topliss-reactive ketones (excluding diaryl/α,β-unsaturated/α-hetero) is 1. The van der Waals surface area contributed by atoms with Crippen LogP contribution >= 0.6 is 0 Å². The summed E-state index contributed by atoms with van der Waals surface area (Å²) in [5, 5.41) is 9.98. The van der Waals surface area contributed by atoms with Gasteiger partial charge in [0.25, 0.3) is 0 Å². The number of aryl methyl sites for hydroxylation is 1. The lowest BCUT2D eigenvalue weighted by Gasteiger charge is -1.96. The van der Waals surface area contributed by atoms with Crippen LogP contribution in [-0.4, -0.2) is 24.5 Å². The summed E-state index contributed by atoms with van der Waals surface area (Å²) in [4.78, 5) is 11.2. The van der Waals surface area contributed by atoms with Gasteiger partial charge in [0.15, 0.2) is 5.78 Å². The summed E-state index contributed by atoms with van der Waals surface area (Å²) >= 11 is 0. The van der Waals surface area contributed by atoms with E-state index in [4.69, 9.17) is 5.11 Å². The molecule has 0 aliphatic rings. The monoisotopic (exact) mass is 360 g/mol. The van der Waals surface area contributed by atoms with Crippen molar-refractivity contribution in [3.8, 4) is 0 Å². The maximum absolute atomic E-state index is 11.2. The van der Waals surface area contributed by atoms with Gasteiger partial charge in [0.05, 0.1) is 7.05 Å². The molecule has 3 heteroatoms. The summed E-state index contributed by atoms with van der Waals surface area (Å²) in [7, 11) is 2.05. The number of aliphatic hydroxyl groups excluding tert-OH is 1. The minimum absolute atomic E-state index is 0.244. The molecule has 0 aliphatic heterocycles. The van der Waals surface area contributed by atoms with E-state index in [0.29, 0.717) is 13.0 Å². The first-order valence-corrected chi connectivity index (χ1v) is 9.64. The molecule has 0 aliphatic carbocycles. The number of carbonyl (C=O) groups excluding carboxylic acids is 1. The molecule has 0 radical (unpaired) electrons. The smallest absolute Gasteiger partial charge is 0.162 e. The van der Waals surface area contributed by atoms with Crippen molar-refractivity contribution in [2.75, 3.05) is 13.7 Å². The molecule has 0 saturated heterocycles. The molecule has 2 aromatic carbocycles. The predicted molar refractivity (Wildman–Crippen MR) is 113 cm³/mol. The second kappa shape index (κ2) is 19.4. The van der Waals surface area contributed by atoms with Crippen LogP contribution in [0, 0.1) is 6.92 Å². The number of ketones is 1. The van der Waals surface area contributed by atoms with Gasteiger partial charge < -0.3 is 10.4 Å². The van der Waals surface area contributed by atoms with Gasteiger partial charge in [0, 0.05) is 24.7 Å². The summed E-state index contributed by atoms with van der Waals surface area (Å²) in [6.07, 6.45) is 2.46. The van der Waals surface area contributed by atoms with E-state index >= 15 is 0 Å². The van der Waals surface area contributed by atoms with E-state index in [1.165, 1.54) is 11.3 Å². The van der Waals surface area contributed by atoms with Gasteiger partial charge in [-0.1, -0.05) is 70.2 Å². The molecule has 0 spiro atoms. The molecule has 0 bridgehead atoms. The molecular weight excluding hydrogens is 322 g/mol. The van der Waals surface area contributed by atoms with E-state index in [1.54, 1.807) is 0 Å². The van der Waals surface area contributed by atoms with Crippen molar-refractivity contribution in [3.63, 3.8) is 0 Å². The van der Waals surface area contributed by atoms with Gasteiger partial charge in [0.1, 0.15) is 5.69 Å². The number of hydrogen-bond acceptors (Lipinski definition) is 2. The molecule has 2 aromatic rings. The number of hydrogen-bond donors (Lipinski definition) is 2. The van der Waals surface area contributed by atoms with E-state index in [0.717, 1.165) is 18.4 Å². The van der Waals surface area contributed by atoms with Crippen molar-refractivity contribution in [2.45, 2.75) is 53.9 Å². The molecule has 0 fully saturated rings. The lowest BCUT2D eigenvalue weighted by atomic mass is 10.1. The van der Waals surface area contributed by atoms with Crippen LogP contribution in [0.15, 0.2) is 54.6 Å². The molecule has 146 valence electrons. The van der Waals surface area contributed by atoms with Crippen LogP contribution in [0.2, 0.25) is 0 Å². The van der Waals surface area contributed by atoms with Crippen LogP contribution in [0.25, 0.3) is 0 Å². The van der Waals surface area contributed by atoms with E-state index < -0.39 is 0 Å². The summed E-state index contributed by atoms with van der Waals surface area (Å²) in [6, 6.07) is 17.9. The zero-order valence-corrected chi connectivity index (χ0v) is 17.5. The fourth-order valence-corrected chi connectivity index (χ4v) is 1.85. The highest BCUT2D eigenvalue weighted by Crippen LogP contribution is 2.04. The summed E-state index contributed by atoms with van der Waals surface area (Å²) in [5.74, 6) is 0.244. The Morgan fingerprint density at radius 1 is 0.962 bits per heavy atom. The number of rotatable bonds is 5. The Morgan fingerprint density at radius 2 is 1.54 bits per heavy atom. The van der Waals surface area contributed by atoms with Crippen molar-refractivity contribution in [1.82, 2.24) is 0 Å². The van der Waals surface area contributed by atoms with Crippen LogP contribution in [0.4, 0.5) is 5.69 Å². The third-order valence-electron chi connectivity index (χ3n) is 3.17. The normalized spacial score (nSPS) is 8.73. The van der Waals surface area contributed by atoms with Gasteiger partial charge in [-0.2, -0.15) is 0 Å². The molecule has 3 nitrogen and oxygen atoms in total. The average molecular weight is 361 g/mol. The van der Waals surface area contributed by atoms with Crippen LogP contribution in [-0.2, 0) is 0 Å². The molecule has 0 saturated carbocycles. The zero-order valence-electron chi connectivity index (χ0n) is 17.5. The summed E-state index contributed by atoms with van der Waals surface area (Å²) in [5.41, 5.74) is 3.45. The Kier molecular flexibility index (Phi) is 19.6. The fourth-order valence-electron chi connectivity index (χ4n) is 1.85. The van der Waals surface area contributed by atoms with Gasteiger partial charge in [-0.15, -0.1) is 0 Å². The largest absolute Gasteiger partial charge is 0.396 e. The van der Waals surface area contributed by atoms with E-state index in [9.17, 15) is 4.79 Å². The number of nitrogens with two attached hydrogens (primary N) is 1. The number of quaternary nitrogens is 1. The third-order valence-corrected chi connectivity index (χ3v) is 3.17. The lowest BCUT2D eigenvalue weighted by molar-refractivity contribution is -0.539. The Morgan fingerprint density at radius 3 is 1.92 bits per heavy atom. The minimum Gasteiger partial charge on any atom is -0.396 e. The highest BCUT2D eigenvalue weighted by Gasteiger charge is 2.01. The van der Waals surface area contributed by atoms with Gasteiger partial charge >= 0.3 is 0 Å². The first kappa shape index (κ1) is 26.3. The van der Waals surface area contributed by atoms with Gasteiger partial charge in [-0.3, -0.25) is 4.79 Å². The topological polar surface area (TPSA) is 53.9 Å². The number of benzene rings is 2. The Balaban J connectivity index is 0. The first-order valence-electron chi connectivity index (χ1n) is 9.64. The molecule has 0 aromatic heterocycles. The molecule has 26 heavy (non-hydrogen) atoms. The summed E-state index contributed by atoms with van der Waals surface area (Å²) < 4.78 is 0. The third kappa shape index (κ3) is 14.4. The Hall–Kier alpha value is -1.97. The van der Waals surface area contributed by atoms with E-state index in [2.05, 4.69) is 43.6 Å². The van der Waals surface area contributed by atoms with Crippen molar-refractivity contribution in [1.29, 1.82) is 0 Å². The quantitative estimate of drug-likeness (QED) is 0.588. The lowest BCUT2D eigenvalue weighted by Crippen LogP contribution is -2.72. The van der Waals surface area contributed by atoms with Crippen molar-refractivity contribution in [2.24, 2.45) is 0 Å². The zero-order chi connectivity index (χ0) is 20.2. The maximum atomic E-state index is 11.2. The molecule has 0 heterocycles. The molecule has 2 rings (SSSR count). The minimum atomic E-state index is 0.244. The molecule has 3 N–H and O–H groups in total. The predicted octanol–water partition coefficient (Wildman–Crippen LogP) is 4.90. The van der Waals surface area contributed by atoms with E-state index in [1.807, 2.05) is 58.0 Å². The SMILES string of the molecule is CC.CCCC(=O)c1ccccc1.CCCO.C[NH2+]c1cccc(C)c1. The van der Waals surface area contributed by atoms with Crippen LogP contribution in [0.1, 0.15) is 62.9 Å². The average Bonchev–Trinajstić information content (AvgIpc) is 2.71. The van der Waals surface area contributed by atoms with Crippen LogP contribution in [0.5, 0.6) is 0 Å². The Bertz CT molecular complexity index is 551. The van der Waals surface area contributed by atoms with Gasteiger partial charge in [0.2, 0.25) is 0 Å². The van der Waals surface area contributed by atoms with Gasteiger partial charge in [-0.25, -0.2) is 0 Å². The highest BCUT2D eigenvalue weighted by molar-refractivity contribution is 5.95. The number of carbonyl (C=O) groups is 1. The summed E-state index contributed by atoms with van der Waals surface area (Å²) in [6.45, 7) is 10.4. The molecule has 0 atom stereocenters. The number of aliphatic hydroxyl groups is 1. The second-order valence-electron chi connectivity index (χ2n) is 5.47. The molecule has 0 amide bonds. The standard InChI is InChI=1S/C10H12O.C8H11N.C3H8O.C2H6/c1-2-6-10(11)9-7-4-3-5-8-9;1-7-4-3-5-8(6-7)9-2;1-2-3-4;1-2/h3-5,7-8H,2,6H2,1H3;3-6,9H,1-2H3;4H,2-3H2,1H3;1-2H3/p+1. The highest BCUT2D eigenvalue weighted by atomic mass is 16.2. The molecule has 0 unspecified atom stereocenters. The van der Waals surface area contributed by atoms with Gasteiger partial charge in [-0.05, 0) is 31.4 Å².